The highest BCUT2D eigenvalue weighted by atomic mass is 15.6. The lowest BCUT2D eigenvalue weighted by Crippen LogP contribution is -2.51. The standard InChI is InChI=1S/C9H19N3/c1-7(2)8-6-9-10-4-3-5-12(9)11-8/h7-11H,3-6H2,1-2H3. The zero-order chi connectivity index (χ0) is 8.55. The van der Waals surface area contributed by atoms with Crippen molar-refractivity contribution in [1.29, 1.82) is 0 Å². The Labute approximate surface area is 74.5 Å². The van der Waals surface area contributed by atoms with Crippen LogP contribution in [0.3, 0.4) is 0 Å². The SMILES string of the molecule is CC(C)C1CC2NCCCN2N1. The molecule has 0 aromatic heterocycles. The first kappa shape index (κ1) is 8.48. The highest BCUT2D eigenvalue weighted by molar-refractivity contribution is 4.86. The number of nitrogens with one attached hydrogen (secondary N) is 2. The van der Waals surface area contributed by atoms with Crippen LogP contribution in [0.5, 0.6) is 0 Å². The fourth-order valence-corrected chi connectivity index (χ4v) is 2.08. The number of hydrogen-bond donors (Lipinski definition) is 2. The first-order chi connectivity index (χ1) is 5.77. The molecule has 0 aliphatic carbocycles. The van der Waals surface area contributed by atoms with Crippen LogP contribution < -0.4 is 10.7 Å². The molecule has 3 nitrogen and oxygen atoms in total. The molecular weight excluding hydrogens is 150 g/mol. The van der Waals surface area contributed by atoms with E-state index >= 15 is 0 Å². The summed E-state index contributed by atoms with van der Waals surface area (Å²) < 4.78 is 0. The van der Waals surface area contributed by atoms with Gasteiger partial charge in [-0.2, -0.15) is 0 Å². The Hall–Kier alpha value is -0.120. The van der Waals surface area contributed by atoms with Crippen LogP contribution in [0.1, 0.15) is 26.7 Å². The van der Waals surface area contributed by atoms with Gasteiger partial charge in [0.1, 0.15) is 0 Å². The number of hydrogen-bond acceptors (Lipinski definition) is 3. The fraction of sp³-hybridized carbons (Fsp3) is 1.00. The van der Waals surface area contributed by atoms with E-state index in [0.717, 1.165) is 5.92 Å². The maximum Gasteiger partial charge on any atom is 0.0748 e. The minimum absolute atomic E-state index is 0.603. The Balaban J connectivity index is 1.94. The normalized spacial score (nSPS) is 37.2. The molecule has 2 atom stereocenters. The molecule has 0 spiro atoms. The topological polar surface area (TPSA) is 27.3 Å². The molecule has 2 aliphatic heterocycles. The summed E-state index contributed by atoms with van der Waals surface area (Å²) in [5.41, 5.74) is 3.56. The van der Waals surface area contributed by atoms with Gasteiger partial charge >= 0.3 is 0 Å². The van der Waals surface area contributed by atoms with Crippen molar-refractivity contribution < 1.29 is 0 Å². The van der Waals surface area contributed by atoms with Gasteiger partial charge in [0.2, 0.25) is 0 Å². The van der Waals surface area contributed by atoms with Gasteiger partial charge in [-0.15, -0.1) is 0 Å². The van der Waals surface area contributed by atoms with Gasteiger partial charge in [-0.25, -0.2) is 5.01 Å². The quantitative estimate of drug-likeness (QED) is 0.600. The number of hydrazine groups is 1. The van der Waals surface area contributed by atoms with Gasteiger partial charge in [0.15, 0.2) is 0 Å². The van der Waals surface area contributed by atoms with Crippen molar-refractivity contribution in [3.05, 3.63) is 0 Å². The molecule has 70 valence electrons. The van der Waals surface area contributed by atoms with E-state index in [1.165, 1.54) is 25.9 Å². The molecule has 2 unspecified atom stereocenters. The lowest BCUT2D eigenvalue weighted by molar-refractivity contribution is 0.120. The molecule has 3 heteroatoms. The second-order valence-corrected chi connectivity index (χ2v) is 4.23. The van der Waals surface area contributed by atoms with Gasteiger partial charge in [0.25, 0.3) is 0 Å². The third-order valence-corrected chi connectivity index (χ3v) is 2.95. The van der Waals surface area contributed by atoms with Gasteiger partial charge in [-0.1, -0.05) is 13.8 Å². The predicted octanol–water partition coefficient (Wildman–Crippen LogP) is 0.541. The van der Waals surface area contributed by atoms with E-state index < -0.39 is 0 Å². The van der Waals surface area contributed by atoms with Gasteiger partial charge < -0.3 is 5.32 Å². The molecule has 2 N–H and O–H groups in total. The molecule has 0 saturated carbocycles. The molecule has 0 aromatic carbocycles. The van der Waals surface area contributed by atoms with E-state index in [9.17, 15) is 0 Å². The average molecular weight is 169 g/mol. The Kier molecular flexibility index (Phi) is 2.35. The summed E-state index contributed by atoms with van der Waals surface area (Å²) in [5, 5.41) is 5.90. The number of fused-ring (bicyclic) bond motifs is 1. The molecule has 2 heterocycles. The van der Waals surface area contributed by atoms with Crippen LogP contribution in [0.25, 0.3) is 0 Å². The maximum atomic E-state index is 3.56. The van der Waals surface area contributed by atoms with E-state index in [-0.39, 0.29) is 0 Å². The highest BCUT2D eigenvalue weighted by Crippen LogP contribution is 2.20. The van der Waals surface area contributed by atoms with Crippen molar-refractivity contribution in [3.8, 4) is 0 Å². The smallest absolute Gasteiger partial charge is 0.0748 e. The zero-order valence-electron chi connectivity index (χ0n) is 8.01. The summed E-state index contributed by atoms with van der Waals surface area (Å²) in [6, 6.07) is 0.681. The average Bonchev–Trinajstić information content (AvgIpc) is 2.46. The summed E-state index contributed by atoms with van der Waals surface area (Å²) in [4.78, 5) is 0. The third kappa shape index (κ3) is 1.49. The minimum atomic E-state index is 0.603. The molecule has 2 saturated heterocycles. The molecule has 2 fully saturated rings. The summed E-state index contributed by atoms with van der Waals surface area (Å²) >= 11 is 0. The Morgan fingerprint density at radius 1 is 1.42 bits per heavy atom. The maximum absolute atomic E-state index is 3.56. The highest BCUT2D eigenvalue weighted by Gasteiger charge is 2.33. The second kappa shape index (κ2) is 3.32. The molecule has 2 rings (SSSR count). The van der Waals surface area contributed by atoms with Crippen LogP contribution in [-0.2, 0) is 0 Å². The molecule has 12 heavy (non-hydrogen) atoms. The van der Waals surface area contributed by atoms with Crippen molar-refractivity contribution >= 4 is 0 Å². The van der Waals surface area contributed by atoms with Gasteiger partial charge in [-0.05, 0) is 25.3 Å². The van der Waals surface area contributed by atoms with E-state index in [1.54, 1.807) is 0 Å². The number of nitrogens with zero attached hydrogens (tertiary/aromatic N) is 1. The van der Waals surface area contributed by atoms with E-state index in [4.69, 9.17) is 0 Å². The lowest BCUT2D eigenvalue weighted by atomic mass is 10.0. The summed E-state index contributed by atoms with van der Waals surface area (Å²) in [7, 11) is 0. The van der Waals surface area contributed by atoms with Crippen molar-refractivity contribution in [2.45, 2.75) is 38.9 Å². The van der Waals surface area contributed by atoms with Crippen LogP contribution in [0.4, 0.5) is 0 Å². The predicted molar refractivity (Wildman–Crippen MR) is 49.5 cm³/mol. The van der Waals surface area contributed by atoms with Crippen LogP contribution >= 0.6 is 0 Å². The van der Waals surface area contributed by atoms with Crippen molar-refractivity contribution in [1.82, 2.24) is 15.8 Å². The Bertz CT molecular complexity index is 144. The van der Waals surface area contributed by atoms with Gasteiger partial charge in [-0.3, -0.25) is 5.43 Å². The Morgan fingerprint density at radius 2 is 2.25 bits per heavy atom. The summed E-state index contributed by atoms with van der Waals surface area (Å²) in [5.74, 6) is 0.748. The van der Waals surface area contributed by atoms with E-state index in [0.29, 0.717) is 12.2 Å². The molecule has 0 radical (unpaired) electrons. The van der Waals surface area contributed by atoms with Crippen molar-refractivity contribution in [2.24, 2.45) is 5.92 Å². The molecule has 0 bridgehead atoms. The van der Waals surface area contributed by atoms with E-state index in [1.807, 2.05) is 0 Å². The van der Waals surface area contributed by atoms with Gasteiger partial charge in [0.05, 0.1) is 6.17 Å². The zero-order valence-corrected chi connectivity index (χ0v) is 8.01. The molecule has 2 aliphatic rings. The van der Waals surface area contributed by atoms with Gasteiger partial charge in [0, 0.05) is 12.6 Å². The van der Waals surface area contributed by atoms with E-state index in [2.05, 4.69) is 29.6 Å². The first-order valence-electron chi connectivity index (χ1n) is 5.03. The van der Waals surface area contributed by atoms with Crippen LogP contribution in [0.15, 0.2) is 0 Å². The summed E-state index contributed by atoms with van der Waals surface area (Å²) in [6.45, 7) is 6.97. The molecular formula is C9H19N3. The van der Waals surface area contributed by atoms with Crippen LogP contribution in [0, 0.1) is 5.92 Å². The minimum Gasteiger partial charge on any atom is -0.301 e. The lowest BCUT2D eigenvalue weighted by Gasteiger charge is -2.29. The monoisotopic (exact) mass is 169 g/mol. The largest absolute Gasteiger partial charge is 0.301 e. The second-order valence-electron chi connectivity index (χ2n) is 4.23. The van der Waals surface area contributed by atoms with Crippen molar-refractivity contribution in [3.63, 3.8) is 0 Å². The van der Waals surface area contributed by atoms with Crippen LogP contribution in [0.2, 0.25) is 0 Å². The third-order valence-electron chi connectivity index (χ3n) is 2.95. The Morgan fingerprint density at radius 3 is 2.92 bits per heavy atom. The molecule has 0 amide bonds. The van der Waals surface area contributed by atoms with Crippen molar-refractivity contribution in [2.75, 3.05) is 13.1 Å². The summed E-state index contributed by atoms with van der Waals surface area (Å²) in [6.07, 6.45) is 3.14. The number of rotatable bonds is 1. The first-order valence-corrected chi connectivity index (χ1v) is 5.03. The van der Waals surface area contributed by atoms with Crippen LogP contribution in [-0.4, -0.2) is 30.3 Å². The molecule has 0 aromatic rings. The fourth-order valence-electron chi connectivity index (χ4n) is 2.08.